The van der Waals surface area contributed by atoms with E-state index >= 15 is 0 Å². The summed E-state index contributed by atoms with van der Waals surface area (Å²) in [6, 6.07) is 18.2. The molecular formula is C23H16Cl2N2O3. The molecule has 0 spiro atoms. The number of halogens is 2. The number of nitrogens with zero attached hydrogens (tertiary/aromatic N) is 1. The van der Waals surface area contributed by atoms with Crippen LogP contribution in [0.3, 0.4) is 0 Å². The fourth-order valence-corrected chi connectivity index (χ4v) is 3.56. The van der Waals surface area contributed by atoms with Crippen LogP contribution in [0.5, 0.6) is 5.75 Å². The lowest BCUT2D eigenvalue weighted by Gasteiger charge is -2.08. The summed E-state index contributed by atoms with van der Waals surface area (Å²) >= 11 is 12.2. The predicted octanol–water partition coefficient (Wildman–Crippen LogP) is 6.46. The monoisotopic (exact) mass is 438 g/mol. The molecule has 0 fully saturated rings. The number of rotatable bonds is 5. The van der Waals surface area contributed by atoms with Crippen molar-refractivity contribution in [3.05, 3.63) is 82.3 Å². The highest BCUT2D eigenvalue weighted by Gasteiger charge is 2.10. The van der Waals surface area contributed by atoms with E-state index in [9.17, 15) is 4.79 Å². The third kappa shape index (κ3) is 4.32. The average molecular weight is 439 g/mol. The molecule has 0 aliphatic rings. The molecule has 1 amide bonds. The number of amides is 1. The first-order valence-corrected chi connectivity index (χ1v) is 9.77. The number of carbonyl (C=O) groups is 1. The minimum Gasteiger partial charge on any atom is -0.495 e. The molecule has 1 N–H and O–H groups in total. The Hall–Kier alpha value is -3.28. The van der Waals surface area contributed by atoms with E-state index < -0.39 is 0 Å². The first kappa shape index (κ1) is 20.0. The van der Waals surface area contributed by atoms with Crippen molar-refractivity contribution in [2.24, 2.45) is 0 Å². The second kappa shape index (κ2) is 8.61. The van der Waals surface area contributed by atoms with Gasteiger partial charge in [-0.2, -0.15) is 0 Å². The third-order valence-corrected chi connectivity index (χ3v) is 4.83. The molecule has 4 rings (SSSR count). The number of methoxy groups -OCH3 is 1. The Balaban J connectivity index is 1.53. The summed E-state index contributed by atoms with van der Waals surface area (Å²) in [6.45, 7) is 0. The molecule has 150 valence electrons. The number of fused-ring (bicyclic) bond motifs is 1. The van der Waals surface area contributed by atoms with E-state index in [2.05, 4.69) is 10.3 Å². The van der Waals surface area contributed by atoms with Crippen LogP contribution in [-0.2, 0) is 4.79 Å². The maximum atomic E-state index is 12.4. The molecule has 4 aromatic rings. The molecule has 5 nitrogen and oxygen atoms in total. The number of aromatic nitrogens is 1. The Labute approximate surface area is 182 Å². The van der Waals surface area contributed by atoms with Gasteiger partial charge in [0.2, 0.25) is 11.8 Å². The predicted molar refractivity (Wildman–Crippen MR) is 120 cm³/mol. The molecule has 0 aliphatic carbocycles. The first-order chi connectivity index (χ1) is 14.5. The summed E-state index contributed by atoms with van der Waals surface area (Å²) in [5.41, 5.74) is 3.38. The highest BCUT2D eigenvalue weighted by molar-refractivity contribution is 6.36. The molecule has 0 saturated carbocycles. The number of hydrogen-bond acceptors (Lipinski definition) is 4. The van der Waals surface area contributed by atoms with Crippen molar-refractivity contribution in [3.8, 4) is 17.2 Å². The lowest BCUT2D eigenvalue weighted by Crippen LogP contribution is -2.07. The normalized spacial score (nSPS) is 11.2. The molecule has 1 heterocycles. The van der Waals surface area contributed by atoms with Gasteiger partial charge in [-0.1, -0.05) is 41.4 Å². The molecule has 0 unspecified atom stereocenters. The summed E-state index contributed by atoms with van der Waals surface area (Å²) in [6.07, 6.45) is 2.97. The van der Waals surface area contributed by atoms with Gasteiger partial charge in [0.15, 0.2) is 5.58 Å². The smallest absolute Gasteiger partial charge is 0.248 e. The Morgan fingerprint density at radius 3 is 2.67 bits per heavy atom. The zero-order valence-corrected chi connectivity index (χ0v) is 17.4. The third-order valence-electron chi connectivity index (χ3n) is 4.33. The van der Waals surface area contributed by atoms with Gasteiger partial charge in [0.05, 0.1) is 12.1 Å². The van der Waals surface area contributed by atoms with Gasteiger partial charge in [0, 0.05) is 27.9 Å². The SMILES string of the molecule is COc1c(Cl)cc(Cl)cc1/C=C/C(=O)Nc1ccc2oc(-c3ccccc3)nc2c1. The van der Waals surface area contributed by atoms with Crippen molar-refractivity contribution >= 4 is 52.0 Å². The fourth-order valence-electron chi connectivity index (χ4n) is 2.98. The standard InChI is InChI=1S/C23H16Cl2N2O3/c1-29-22-15(11-16(24)12-18(22)25)7-10-21(28)26-17-8-9-20-19(13-17)27-23(30-20)14-5-3-2-4-6-14/h2-13H,1H3,(H,26,28)/b10-7+. The maximum absolute atomic E-state index is 12.4. The van der Waals surface area contributed by atoms with Crippen LogP contribution in [0.4, 0.5) is 5.69 Å². The highest BCUT2D eigenvalue weighted by Crippen LogP contribution is 2.33. The van der Waals surface area contributed by atoms with Crippen LogP contribution in [0.25, 0.3) is 28.6 Å². The minimum absolute atomic E-state index is 0.320. The molecule has 0 radical (unpaired) electrons. The zero-order chi connectivity index (χ0) is 21.1. The van der Waals surface area contributed by atoms with Crippen molar-refractivity contribution in [1.82, 2.24) is 4.98 Å². The van der Waals surface area contributed by atoms with Crippen molar-refractivity contribution in [2.45, 2.75) is 0 Å². The summed E-state index contributed by atoms with van der Waals surface area (Å²) in [4.78, 5) is 16.9. The summed E-state index contributed by atoms with van der Waals surface area (Å²) in [5.74, 6) is 0.653. The van der Waals surface area contributed by atoms with E-state index in [1.54, 1.807) is 36.4 Å². The van der Waals surface area contributed by atoms with Crippen LogP contribution in [0, 0.1) is 0 Å². The van der Waals surface area contributed by atoms with Gasteiger partial charge in [-0.25, -0.2) is 4.98 Å². The van der Waals surface area contributed by atoms with Gasteiger partial charge in [-0.15, -0.1) is 0 Å². The molecule has 0 atom stereocenters. The van der Waals surface area contributed by atoms with Crippen molar-refractivity contribution in [3.63, 3.8) is 0 Å². The van der Waals surface area contributed by atoms with Gasteiger partial charge in [0.25, 0.3) is 0 Å². The first-order valence-electron chi connectivity index (χ1n) is 9.01. The Morgan fingerprint density at radius 2 is 1.90 bits per heavy atom. The second-order valence-corrected chi connectivity index (χ2v) is 7.24. The molecule has 30 heavy (non-hydrogen) atoms. The van der Waals surface area contributed by atoms with Crippen LogP contribution in [-0.4, -0.2) is 18.0 Å². The Bertz CT molecular complexity index is 1250. The minimum atomic E-state index is -0.320. The van der Waals surface area contributed by atoms with Gasteiger partial charge < -0.3 is 14.5 Å². The van der Waals surface area contributed by atoms with Crippen LogP contribution in [0.1, 0.15) is 5.56 Å². The summed E-state index contributed by atoms with van der Waals surface area (Å²) in [5, 5.41) is 3.63. The van der Waals surface area contributed by atoms with E-state index in [0.717, 1.165) is 5.56 Å². The van der Waals surface area contributed by atoms with Crippen molar-refractivity contribution < 1.29 is 13.9 Å². The molecule has 0 saturated heterocycles. The molecule has 0 aliphatic heterocycles. The maximum Gasteiger partial charge on any atom is 0.248 e. The molecule has 3 aromatic carbocycles. The van der Waals surface area contributed by atoms with E-state index in [4.69, 9.17) is 32.4 Å². The quantitative estimate of drug-likeness (QED) is 0.363. The molecule has 0 bridgehead atoms. The molecular weight excluding hydrogens is 423 g/mol. The van der Waals surface area contributed by atoms with Crippen LogP contribution >= 0.6 is 23.2 Å². The van der Waals surface area contributed by atoms with Gasteiger partial charge in [0.1, 0.15) is 11.3 Å². The van der Waals surface area contributed by atoms with E-state index in [1.165, 1.54) is 13.2 Å². The average Bonchev–Trinajstić information content (AvgIpc) is 3.16. The van der Waals surface area contributed by atoms with Gasteiger partial charge >= 0.3 is 0 Å². The van der Waals surface area contributed by atoms with Gasteiger partial charge in [-0.3, -0.25) is 4.79 Å². The number of anilines is 1. The number of ether oxygens (including phenoxy) is 1. The lowest BCUT2D eigenvalue weighted by molar-refractivity contribution is -0.111. The van der Waals surface area contributed by atoms with Crippen molar-refractivity contribution in [2.75, 3.05) is 12.4 Å². The topological polar surface area (TPSA) is 64.4 Å². The van der Waals surface area contributed by atoms with Crippen LogP contribution < -0.4 is 10.1 Å². The number of hydrogen-bond donors (Lipinski definition) is 1. The molecule has 1 aromatic heterocycles. The number of benzene rings is 3. The largest absolute Gasteiger partial charge is 0.495 e. The number of carbonyl (C=O) groups excluding carboxylic acids is 1. The summed E-state index contributed by atoms with van der Waals surface area (Å²) < 4.78 is 11.1. The summed E-state index contributed by atoms with van der Waals surface area (Å²) in [7, 11) is 1.50. The van der Waals surface area contributed by atoms with E-state index in [1.807, 2.05) is 30.3 Å². The Kier molecular flexibility index (Phi) is 5.74. The zero-order valence-electron chi connectivity index (χ0n) is 15.9. The lowest BCUT2D eigenvalue weighted by atomic mass is 10.2. The Morgan fingerprint density at radius 1 is 1.10 bits per heavy atom. The van der Waals surface area contributed by atoms with E-state index in [0.29, 0.717) is 44.0 Å². The number of oxazole rings is 1. The van der Waals surface area contributed by atoms with Crippen molar-refractivity contribution in [1.29, 1.82) is 0 Å². The molecule has 7 heteroatoms. The number of nitrogens with one attached hydrogen (secondary N) is 1. The van der Waals surface area contributed by atoms with Crippen LogP contribution in [0.15, 0.2) is 71.2 Å². The fraction of sp³-hybridized carbons (Fsp3) is 0.0435. The van der Waals surface area contributed by atoms with Crippen LogP contribution in [0.2, 0.25) is 10.0 Å². The van der Waals surface area contributed by atoms with E-state index in [-0.39, 0.29) is 5.91 Å². The highest BCUT2D eigenvalue weighted by atomic mass is 35.5. The second-order valence-electron chi connectivity index (χ2n) is 6.40. The van der Waals surface area contributed by atoms with Gasteiger partial charge in [-0.05, 0) is 48.5 Å².